The van der Waals surface area contributed by atoms with Crippen LogP contribution in [0.4, 0.5) is 0 Å². The molecule has 0 spiro atoms. The Balaban J connectivity index is 0.000000190. The lowest BCUT2D eigenvalue weighted by atomic mass is 10.0. The minimum Gasteiger partial charge on any atom is -0.314 e. The van der Waals surface area contributed by atoms with Crippen LogP contribution in [0, 0.1) is 0 Å². The van der Waals surface area contributed by atoms with Crippen molar-refractivity contribution in [2.75, 3.05) is 19.6 Å². The summed E-state index contributed by atoms with van der Waals surface area (Å²) in [6.07, 6.45) is 4.27. The van der Waals surface area contributed by atoms with Crippen LogP contribution in [-0.4, -0.2) is 19.6 Å². The van der Waals surface area contributed by atoms with E-state index in [-0.39, 0.29) is 0 Å². The van der Waals surface area contributed by atoms with Crippen LogP contribution < -0.4 is 10.6 Å². The molecule has 2 heteroatoms. The molecule has 0 aliphatic heterocycles. The minimum absolute atomic E-state index is 0.950. The van der Waals surface area contributed by atoms with Crippen LogP contribution in [0.3, 0.4) is 0 Å². The van der Waals surface area contributed by atoms with Crippen molar-refractivity contribution in [1.82, 2.24) is 10.6 Å². The van der Waals surface area contributed by atoms with Gasteiger partial charge in [0.05, 0.1) is 0 Å². The molecule has 0 fully saturated rings. The van der Waals surface area contributed by atoms with Crippen molar-refractivity contribution in [2.45, 2.75) is 20.4 Å². The summed E-state index contributed by atoms with van der Waals surface area (Å²) < 4.78 is 0. The maximum absolute atomic E-state index is 3.36. The normalized spacial score (nSPS) is 10.7. The largest absolute Gasteiger partial charge is 0.314 e. The zero-order valence-corrected chi connectivity index (χ0v) is 15.9. The molecule has 2 N–H and O–H groups in total. The molecule has 0 radical (unpaired) electrons. The monoisotopic (exact) mass is 346 g/mol. The summed E-state index contributed by atoms with van der Waals surface area (Å²) in [5.74, 6) is 0. The highest BCUT2D eigenvalue weighted by atomic mass is 14.8. The van der Waals surface area contributed by atoms with E-state index in [1.165, 1.54) is 21.9 Å². The average molecular weight is 347 g/mol. The molecule has 0 saturated heterocycles. The Morgan fingerprint density at radius 3 is 2.19 bits per heavy atom. The quantitative estimate of drug-likeness (QED) is 0.570. The molecular weight excluding hydrogens is 316 g/mol. The van der Waals surface area contributed by atoms with Gasteiger partial charge in [0, 0.05) is 13.1 Å². The third kappa shape index (κ3) is 6.83. The fourth-order valence-electron chi connectivity index (χ4n) is 2.69. The summed E-state index contributed by atoms with van der Waals surface area (Å²) in [5, 5.41) is 9.27. The molecule has 0 unspecified atom stereocenters. The van der Waals surface area contributed by atoms with Crippen LogP contribution in [0.25, 0.3) is 16.8 Å². The van der Waals surface area contributed by atoms with Crippen molar-refractivity contribution in [3.05, 3.63) is 90.0 Å². The number of rotatable bonds is 7. The van der Waals surface area contributed by atoms with Crippen LogP contribution in [0.2, 0.25) is 0 Å². The highest BCUT2D eigenvalue weighted by molar-refractivity contribution is 5.85. The number of hydrogen-bond donors (Lipinski definition) is 2. The van der Waals surface area contributed by atoms with Crippen LogP contribution >= 0.6 is 0 Å². The van der Waals surface area contributed by atoms with Gasteiger partial charge >= 0.3 is 0 Å². The number of benzene rings is 3. The highest BCUT2D eigenvalue weighted by Crippen LogP contribution is 2.17. The lowest BCUT2D eigenvalue weighted by molar-refractivity contribution is 0.730. The molecule has 0 bridgehead atoms. The first kappa shape index (κ1) is 19.9. The van der Waals surface area contributed by atoms with E-state index in [2.05, 4.69) is 91.2 Å². The second-order valence-corrected chi connectivity index (χ2v) is 6.04. The molecule has 3 aromatic carbocycles. The van der Waals surface area contributed by atoms with Gasteiger partial charge in [0.15, 0.2) is 0 Å². The van der Waals surface area contributed by atoms with Gasteiger partial charge in [-0.2, -0.15) is 0 Å². The molecule has 3 rings (SSSR count). The first-order valence-corrected chi connectivity index (χ1v) is 9.44. The zero-order chi connectivity index (χ0) is 18.5. The molecule has 0 atom stereocenters. The highest BCUT2D eigenvalue weighted by Gasteiger charge is 1.97. The fourth-order valence-corrected chi connectivity index (χ4v) is 2.69. The molecule has 26 heavy (non-hydrogen) atoms. The molecule has 0 aliphatic rings. The summed E-state index contributed by atoms with van der Waals surface area (Å²) in [6.45, 7) is 8.19. The minimum atomic E-state index is 0.950. The smallest absolute Gasteiger partial charge is 0.0211 e. The third-order valence-corrected chi connectivity index (χ3v) is 4.07. The predicted molar refractivity (Wildman–Crippen MR) is 115 cm³/mol. The molecular formula is C24H30N2. The Morgan fingerprint density at radius 2 is 1.42 bits per heavy atom. The fraction of sp³-hybridized carbons (Fsp3) is 0.250. The lowest BCUT2D eigenvalue weighted by Crippen LogP contribution is -2.11. The van der Waals surface area contributed by atoms with Gasteiger partial charge in [0.25, 0.3) is 0 Å². The van der Waals surface area contributed by atoms with E-state index in [4.69, 9.17) is 0 Å². The van der Waals surface area contributed by atoms with Gasteiger partial charge in [0.1, 0.15) is 0 Å². The van der Waals surface area contributed by atoms with Gasteiger partial charge in [-0.15, -0.1) is 0 Å². The van der Waals surface area contributed by atoms with Crippen LogP contribution in [-0.2, 0) is 6.54 Å². The van der Waals surface area contributed by atoms with Crippen molar-refractivity contribution in [3.8, 4) is 0 Å². The van der Waals surface area contributed by atoms with E-state index in [0.717, 1.165) is 26.2 Å². The third-order valence-electron chi connectivity index (χ3n) is 4.07. The maximum Gasteiger partial charge on any atom is 0.0211 e. The topological polar surface area (TPSA) is 24.1 Å². The number of nitrogens with one attached hydrogen (secondary N) is 2. The second kappa shape index (κ2) is 12.0. The van der Waals surface area contributed by atoms with E-state index in [9.17, 15) is 0 Å². The Labute approximate surface area is 158 Å². The van der Waals surface area contributed by atoms with E-state index < -0.39 is 0 Å². The summed E-state index contributed by atoms with van der Waals surface area (Å²) in [6, 6.07) is 25.3. The lowest BCUT2D eigenvalue weighted by Gasteiger charge is -2.06. The molecule has 0 amide bonds. The zero-order valence-electron chi connectivity index (χ0n) is 15.9. The first-order valence-electron chi connectivity index (χ1n) is 9.44. The van der Waals surface area contributed by atoms with Crippen molar-refractivity contribution in [3.63, 3.8) is 0 Å². The van der Waals surface area contributed by atoms with E-state index in [1.54, 1.807) is 0 Å². The number of hydrogen-bond acceptors (Lipinski definition) is 2. The van der Waals surface area contributed by atoms with Crippen molar-refractivity contribution >= 4 is 16.8 Å². The van der Waals surface area contributed by atoms with Crippen LogP contribution in [0.5, 0.6) is 0 Å². The Hall–Kier alpha value is -2.42. The summed E-state index contributed by atoms with van der Waals surface area (Å²) in [7, 11) is 0. The molecule has 3 aromatic rings. The maximum atomic E-state index is 3.36. The van der Waals surface area contributed by atoms with Gasteiger partial charge in [-0.25, -0.2) is 0 Å². The second-order valence-electron chi connectivity index (χ2n) is 6.04. The van der Waals surface area contributed by atoms with Crippen LogP contribution in [0.1, 0.15) is 25.0 Å². The number of fused-ring (bicyclic) bond motifs is 1. The molecule has 136 valence electrons. The van der Waals surface area contributed by atoms with Crippen molar-refractivity contribution < 1.29 is 0 Å². The SMILES string of the molecule is CCNC/C=C/c1ccccc1.CCNCc1cccc2ccccc12. The van der Waals surface area contributed by atoms with E-state index in [1.807, 2.05) is 18.2 Å². The Kier molecular flexibility index (Phi) is 9.20. The van der Waals surface area contributed by atoms with Gasteiger partial charge in [-0.05, 0) is 35.0 Å². The number of likely N-dealkylation sites (N-methyl/N-ethyl adjacent to an activating group) is 1. The molecule has 0 aromatic heterocycles. The summed E-state index contributed by atoms with van der Waals surface area (Å²) in [4.78, 5) is 0. The van der Waals surface area contributed by atoms with E-state index in [0.29, 0.717) is 0 Å². The molecule has 0 aliphatic carbocycles. The predicted octanol–water partition coefficient (Wildman–Crippen LogP) is 5.26. The Bertz CT molecular complexity index is 773. The molecule has 2 nitrogen and oxygen atoms in total. The summed E-state index contributed by atoms with van der Waals surface area (Å²) >= 11 is 0. The van der Waals surface area contributed by atoms with Gasteiger partial charge in [0.2, 0.25) is 0 Å². The average Bonchev–Trinajstić information content (AvgIpc) is 2.71. The summed E-state index contributed by atoms with van der Waals surface area (Å²) in [5.41, 5.74) is 2.64. The standard InChI is InChI=1S/C13H15N.C11H15N/c1-2-14-10-12-8-5-7-11-6-3-4-9-13(11)12;1-2-12-10-6-9-11-7-4-3-5-8-11/h3-9,14H,2,10H2,1H3;3-9,12H,2,10H2,1H3/b;9-6+. The van der Waals surface area contributed by atoms with Crippen molar-refractivity contribution in [2.24, 2.45) is 0 Å². The van der Waals surface area contributed by atoms with Gasteiger partial charge < -0.3 is 10.6 Å². The molecule has 0 saturated carbocycles. The van der Waals surface area contributed by atoms with Gasteiger partial charge in [-0.3, -0.25) is 0 Å². The van der Waals surface area contributed by atoms with Crippen molar-refractivity contribution in [1.29, 1.82) is 0 Å². The Morgan fingerprint density at radius 1 is 0.731 bits per heavy atom. The van der Waals surface area contributed by atoms with Gasteiger partial charge in [-0.1, -0.05) is 98.8 Å². The van der Waals surface area contributed by atoms with Crippen LogP contribution in [0.15, 0.2) is 78.9 Å². The first-order chi connectivity index (χ1) is 12.8. The van der Waals surface area contributed by atoms with E-state index >= 15 is 0 Å². The molecule has 0 heterocycles.